The molecule has 0 saturated carbocycles. The van der Waals surface area contributed by atoms with Crippen LogP contribution in [0.1, 0.15) is 32.6 Å². The summed E-state index contributed by atoms with van der Waals surface area (Å²) in [6, 6.07) is -0.649. The van der Waals surface area contributed by atoms with Gasteiger partial charge in [0.05, 0.1) is 0 Å². The predicted octanol–water partition coefficient (Wildman–Crippen LogP) is 2.57. The lowest BCUT2D eigenvalue weighted by Crippen LogP contribution is -2.50. The molecule has 1 N–H and O–H groups in total. The van der Waals surface area contributed by atoms with Crippen LogP contribution in [0.2, 0.25) is 0 Å². The lowest BCUT2D eigenvalue weighted by Gasteiger charge is -2.36. The van der Waals surface area contributed by atoms with Gasteiger partial charge in [0, 0.05) is 26.1 Å². The largest absolute Gasteiger partial charge is 0.481 e. The Morgan fingerprint density at radius 1 is 1.38 bits per heavy atom. The fourth-order valence-corrected chi connectivity index (χ4v) is 2.58. The zero-order valence-electron chi connectivity index (χ0n) is 12.0. The fraction of sp³-hybridized carbons (Fsp3) is 0.846. The molecule has 0 spiro atoms. The summed E-state index contributed by atoms with van der Waals surface area (Å²) >= 11 is 0. The molecule has 2 amide bonds. The first-order valence-corrected chi connectivity index (χ1v) is 7.05. The Kier molecular flexibility index (Phi) is 6.29. The first-order chi connectivity index (χ1) is 9.73. The Balaban J connectivity index is 2.66. The number of urea groups is 1. The number of carboxylic acids is 1. The van der Waals surface area contributed by atoms with Crippen molar-refractivity contribution < 1.29 is 27.9 Å². The standard InChI is InChI=1S/C13H21F3N2O3/c1-2-5-18(9-13(14,15)16)12(21)17-6-3-4-10(8-17)7-11(19)20/h10H,2-9H2,1H3,(H,19,20). The summed E-state index contributed by atoms with van der Waals surface area (Å²) in [4.78, 5) is 25.0. The van der Waals surface area contributed by atoms with Crippen LogP contribution in [0.15, 0.2) is 0 Å². The average molecular weight is 310 g/mol. The van der Waals surface area contributed by atoms with E-state index in [-0.39, 0.29) is 25.4 Å². The molecule has 1 heterocycles. The summed E-state index contributed by atoms with van der Waals surface area (Å²) in [5.74, 6) is -1.13. The Morgan fingerprint density at radius 2 is 2.05 bits per heavy atom. The normalized spacial score (nSPS) is 19.4. The molecule has 0 aromatic heterocycles. The average Bonchev–Trinajstić information content (AvgIpc) is 2.35. The Morgan fingerprint density at radius 3 is 2.57 bits per heavy atom. The number of hydrogen-bond acceptors (Lipinski definition) is 2. The van der Waals surface area contributed by atoms with Gasteiger partial charge in [0.15, 0.2) is 0 Å². The highest BCUT2D eigenvalue weighted by atomic mass is 19.4. The quantitative estimate of drug-likeness (QED) is 0.849. The van der Waals surface area contributed by atoms with E-state index in [2.05, 4.69) is 0 Å². The summed E-state index contributed by atoms with van der Waals surface area (Å²) in [7, 11) is 0. The number of aliphatic carboxylic acids is 1. The van der Waals surface area contributed by atoms with Gasteiger partial charge in [-0.25, -0.2) is 4.79 Å². The van der Waals surface area contributed by atoms with E-state index in [4.69, 9.17) is 5.11 Å². The maximum absolute atomic E-state index is 12.5. The molecule has 0 bridgehead atoms. The van der Waals surface area contributed by atoms with Crippen molar-refractivity contribution in [3.05, 3.63) is 0 Å². The van der Waals surface area contributed by atoms with Crippen LogP contribution in [0.4, 0.5) is 18.0 Å². The van der Waals surface area contributed by atoms with Crippen LogP contribution in [0.3, 0.4) is 0 Å². The number of halogens is 3. The monoisotopic (exact) mass is 310 g/mol. The van der Waals surface area contributed by atoms with Gasteiger partial charge in [0.2, 0.25) is 0 Å². The minimum atomic E-state index is -4.43. The molecule has 0 aliphatic carbocycles. The molecule has 1 aliphatic rings. The molecule has 122 valence electrons. The molecule has 0 aromatic carbocycles. The van der Waals surface area contributed by atoms with Crippen LogP contribution < -0.4 is 0 Å². The second kappa shape index (κ2) is 7.51. The van der Waals surface area contributed by atoms with Gasteiger partial charge in [-0.3, -0.25) is 4.79 Å². The number of likely N-dealkylation sites (tertiary alicyclic amines) is 1. The van der Waals surface area contributed by atoms with Crippen LogP contribution in [-0.2, 0) is 4.79 Å². The first kappa shape index (κ1) is 17.6. The van der Waals surface area contributed by atoms with Gasteiger partial charge in [0.25, 0.3) is 0 Å². The van der Waals surface area contributed by atoms with Crippen molar-refractivity contribution in [1.29, 1.82) is 0 Å². The van der Waals surface area contributed by atoms with E-state index >= 15 is 0 Å². The highest BCUT2D eigenvalue weighted by Crippen LogP contribution is 2.23. The third-order valence-electron chi connectivity index (χ3n) is 3.39. The zero-order chi connectivity index (χ0) is 16.0. The Hall–Kier alpha value is -1.47. The summed E-state index contributed by atoms with van der Waals surface area (Å²) in [5, 5.41) is 8.77. The van der Waals surface area contributed by atoms with Crippen molar-refractivity contribution in [3.8, 4) is 0 Å². The number of rotatable bonds is 5. The number of carbonyl (C=O) groups is 2. The Labute approximate surface area is 121 Å². The van der Waals surface area contributed by atoms with Crippen molar-refractivity contribution in [2.45, 2.75) is 38.8 Å². The maximum atomic E-state index is 12.5. The highest BCUT2D eigenvalue weighted by Gasteiger charge is 2.35. The lowest BCUT2D eigenvalue weighted by molar-refractivity contribution is -0.141. The summed E-state index contributed by atoms with van der Waals surface area (Å²) < 4.78 is 37.5. The van der Waals surface area contributed by atoms with Gasteiger partial charge >= 0.3 is 18.2 Å². The number of carboxylic acid groups (broad SMARTS) is 1. The van der Waals surface area contributed by atoms with Gasteiger partial charge in [-0.1, -0.05) is 6.92 Å². The molecule has 1 unspecified atom stereocenters. The second-order valence-electron chi connectivity index (χ2n) is 5.37. The number of piperidine rings is 1. The van der Waals surface area contributed by atoms with Crippen molar-refractivity contribution in [2.24, 2.45) is 5.92 Å². The minimum Gasteiger partial charge on any atom is -0.481 e. The zero-order valence-corrected chi connectivity index (χ0v) is 12.0. The molecule has 0 radical (unpaired) electrons. The molecule has 8 heteroatoms. The van der Waals surface area contributed by atoms with Crippen molar-refractivity contribution in [3.63, 3.8) is 0 Å². The van der Waals surface area contributed by atoms with Crippen LogP contribution in [0.25, 0.3) is 0 Å². The van der Waals surface area contributed by atoms with Crippen LogP contribution >= 0.6 is 0 Å². The summed E-state index contributed by atoms with van der Waals surface area (Å²) in [5.41, 5.74) is 0. The van der Waals surface area contributed by atoms with Crippen molar-refractivity contribution >= 4 is 12.0 Å². The maximum Gasteiger partial charge on any atom is 0.406 e. The van der Waals surface area contributed by atoms with E-state index in [1.807, 2.05) is 0 Å². The first-order valence-electron chi connectivity index (χ1n) is 7.05. The molecule has 1 saturated heterocycles. The third-order valence-corrected chi connectivity index (χ3v) is 3.39. The van der Waals surface area contributed by atoms with E-state index in [9.17, 15) is 22.8 Å². The number of carbonyl (C=O) groups excluding carboxylic acids is 1. The molecule has 0 aromatic rings. The van der Waals surface area contributed by atoms with E-state index in [1.165, 1.54) is 4.90 Å². The molecule has 21 heavy (non-hydrogen) atoms. The minimum absolute atomic E-state index is 0.0401. The van der Waals surface area contributed by atoms with Gasteiger partial charge in [-0.05, 0) is 25.2 Å². The van der Waals surface area contributed by atoms with Crippen LogP contribution in [0, 0.1) is 5.92 Å². The van der Waals surface area contributed by atoms with Crippen LogP contribution in [-0.4, -0.2) is 59.3 Å². The fourth-order valence-electron chi connectivity index (χ4n) is 2.58. The number of amides is 2. The van der Waals surface area contributed by atoms with Gasteiger partial charge in [0.1, 0.15) is 6.54 Å². The predicted molar refractivity (Wildman–Crippen MR) is 69.9 cm³/mol. The highest BCUT2D eigenvalue weighted by molar-refractivity contribution is 5.75. The van der Waals surface area contributed by atoms with Crippen molar-refractivity contribution in [2.75, 3.05) is 26.2 Å². The second-order valence-corrected chi connectivity index (χ2v) is 5.37. The summed E-state index contributed by atoms with van der Waals surface area (Å²) in [6.07, 6.45) is -2.75. The lowest BCUT2D eigenvalue weighted by atomic mass is 9.95. The van der Waals surface area contributed by atoms with Gasteiger partial charge in [-0.2, -0.15) is 13.2 Å². The van der Waals surface area contributed by atoms with E-state index < -0.39 is 24.7 Å². The topological polar surface area (TPSA) is 60.9 Å². The molecular formula is C13H21F3N2O3. The van der Waals surface area contributed by atoms with E-state index in [0.717, 1.165) is 4.90 Å². The van der Waals surface area contributed by atoms with Crippen LogP contribution in [0.5, 0.6) is 0 Å². The summed E-state index contributed by atoms with van der Waals surface area (Å²) in [6.45, 7) is 1.08. The van der Waals surface area contributed by atoms with E-state index in [0.29, 0.717) is 25.8 Å². The molecule has 1 rings (SSSR count). The number of alkyl halides is 3. The smallest absolute Gasteiger partial charge is 0.406 e. The van der Waals surface area contributed by atoms with Gasteiger partial charge < -0.3 is 14.9 Å². The van der Waals surface area contributed by atoms with E-state index in [1.54, 1.807) is 6.92 Å². The number of nitrogens with zero attached hydrogens (tertiary/aromatic N) is 2. The third kappa shape index (κ3) is 6.22. The molecule has 1 aliphatic heterocycles. The molecule has 5 nitrogen and oxygen atoms in total. The van der Waals surface area contributed by atoms with Gasteiger partial charge in [-0.15, -0.1) is 0 Å². The van der Waals surface area contributed by atoms with Crippen molar-refractivity contribution in [1.82, 2.24) is 9.80 Å². The molecular weight excluding hydrogens is 289 g/mol. The SMILES string of the molecule is CCCN(CC(F)(F)F)C(=O)N1CCCC(CC(=O)O)C1. The number of hydrogen-bond donors (Lipinski definition) is 1. The Bertz CT molecular complexity index is 374. The molecule has 1 fully saturated rings. The molecule has 1 atom stereocenters.